The Morgan fingerprint density at radius 2 is 1.66 bits per heavy atom. The molecule has 44 heavy (non-hydrogen) atoms. The number of hydrogen-bond acceptors (Lipinski definition) is 7. The number of carbonyl (C=O) groups is 2. The Balaban J connectivity index is 1.44. The molecule has 0 bridgehead atoms. The lowest BCUT2D eigenvalue weighted by atomic mass is 9.91. The van der Waals surface area contributed by atoms with Crippen molar-refractivity contribution in [2.24, 2.45) is 0 Å². The molecule has 2 aliphatic rings. The van der Waals surface area contributed by atoms with Gasteiger partial charge < -0.3 is 4.90 Å². The number of carbonyl (C=O) groups excluding carboxylic acids is 2. The summed E-state index contributed by atoms with van der Waals surface area (Å²) in [6, 6.07) is 9.13. The molecular formula is C29H26Cl2FN7O4S. The van der Waals surface area contributed by atoms with Crippen LogP contribution in [0.1, 0.15) is 19.4 Å². The summed E-state index contributed by atoms with van der Waals surface area (Å²) < 4.78 is 46.1. The zero-order valence-electron chi connectivity index (χ0n) is 23.6. The van der Waals surface area contributed by atoms with Gasteiger partial charge in [-0.25, -0.2) is 32.7 Å². The molecule has 1 fully saturated rings. The third-order valence-corrected chi connectivity index (χ3v) is 10.2. The summed E-state index contributed by atoms with van der Waals surface area (Å²) in [6.07, 6.45) is 5.48. The molecule has 0 aliphatic carbocycles. The molecule has 1 saturated heterocycles. The van der Waals surface area contributed by atoms with E-state index in [1.165, 1.54) is 69.9 Å². The second-order valence-corrected chi connectivity index (χ2v) is 13.6. The van der Waals surface area contributed by atoms with Gasteiger partial charge in [-0.15, -0.1) is 0 Å². The summed E-state index contributed by atoms with van der Waals surface area (Å²) >= 11 is 12.5. The standard InChI is InChI=1S/C29H26Cl2FN7O4S/c1-18(40)36-5-7-37(8-6-36)44(42,43)26-16-35-28-38(23-11-21(30)10-22(31)12-23)27(41)29(2,39(26)28)13-19-3-4-24(25(32)9-19)20-14-33-17-34-15-20/h3-4,9-12,14-17H,5-8,13H2,1-2H3/t29-/m1/s1. The molecule has 0 spiro atoms. The lowest BCUT2D eigenvalue weighted by Crippen LogP contribution is -2.50. The predicted octanol–water partition coefficient (Wildman–Crippen LogP) is 4.28. The fourth-order valence-electron chi connectivity index (χ4n) is 5.73. The number of halogens is 3. The third-order valence-electron chi connectivity index (χ3n) is 7.92. The molecule has 2 aliphatic heterocycles. The van der Waals surface area contributed by atoms with Gasteiger partial charge in [0.05, 0.1) is 11.9 Å². The number of hydrogen-bond donors (Lipinski definition) is 0. The van der Waals surface area contributed by atoms with Gasteiger partial charge in [-0.1, -0.05) is 35.3 Å². The van der Waals surface area contributed by atoms with Crippen molar-refractivity contribution in [3.8, 4) is 11.1 Å². The summed E-state index contributed by atoms with van der Waals surface area (Å²) in [7, 11) is -4.18. The van der Waals surface area contributed by atoms with Crippen molar-refractivity contribution in [1.82, 2.24) is 28.7 Å². The second-order valence-electron chi connectivity index (χ2n) is 10.8. The van der Waals surface area contributed by atoms with E-state index in [2.05, 4.69) is 15.0 Å². The maximum absolute atomic E-state index is 15.4. The van der Waals surface area contributed by atoms with Gasteiger partial charge in [-0.3, -0.25) is 14.2 Å². The first-order chi connectivity index (χ1) is 20.9. The van der Waals surface area contributed by atoms with Crippen molar-refractivity contribution in [1.29, 1.82) is 0 Å². The maximum atomic E-state index is 15.4. The molecule has 0 radical (unpaired) electrons. The summed E-state index contributed by atoms with van der Waals surface area (Å²) in [5.74, 6) is -1.14. The highest BCUT2D eigenvalue weighted by Gasteiger charge is 2.52. The normalized spacial score (nSPS) is 19.0. The highest BCUT2D eigenvalue weighted by Crippen LogP contribution is 2.45. The molecule has 4 heterocycles. The number of aromatic nitrogens is 4. The number of imidazole rings is 1. The van der Waals surface area contributed by atoms with Crippen LogP contribution in [0.3, 0.4) is 0 Å². The minimum absolute atomic E-state index is 0.0512. The Labute approximate surface area is 262 Å². The van der Waals surface area contributed by atoms with Crippen LogP contribution in [0.4, 0.5) is 16.0 Å². The van der Waals surface area contributed by atoms with Crippen LogP contribution >= 0.6 is 23.2 Å². The Morgan fingerprint density at radius 1 is 1.00 bits per heavy atom. The lowest BCUT2D eigenvalue weighted by Gasteiger charge is -2.34. The van der Waals surface area contributed by atoms with E-state index in [1.807, 2.05) is 0 Å². The predicted molar refractivity (Wildman–Crippen MR) is 162 cm³/mol. The lowest BCUT2D eigenvalue weighted by molar-refractivity contribution is -0.130. The van der Waals surface area contributed by atoms with Crippen molar-refractivity contribution < 1.29 is 22.4 Å². The van der Waals surface area contributed by atoms with Crippen LogP contribution in [0.15, 0.2) is 66.3 Å². The van der Waals surface area contributed by atoms with Gasteiger partial charge in [-0.05, 0) is 36.8 Å². The molecule has 2 aromatic carbocycles. The first kappa shape index (κ1) is 30.1. The molecule has 1 atom stereocenters. The maximum Gasteiger partial charge on any atom is 0.260 e. The zero-order chi connectivity index (χ0) is 31.4. The summed E-state index contributed by atoms with van der Waals surface area (Å²) in [5, 5.41) is 0.338. The quantitative estimate of drug-likeness (QED) is 0.303. The van der Waals surface area contributed by atoms with Gasteiger partial charge >= 0.3 is 0 Å². The first-order valence-corrected chi connectivity index (χ1v) is 15.8. The minimum Gasteiger partial charge on any atom is -0.340 e. The Morgan fingerprint density at radius 3 is 2.27 bits per heavy atom. The van der Waals surface area contributed by atoms with Crippen LogP contribution in [0.5, 0.6) is 0 Å². The third kappa shape index (κ3) is 5.13. The van der Waals surface area contributed by atoms with E-state index >= 15 is 4.39 Å². The van der Waals surface area contributed by atoms with Crippen LogP contribution < -0.4 is 4.90 Å². The van der Waals surface area contributed by atoms with E-state index in [1.54, 1.807) is 24.0 Å². The monoisotopic (exact) mass is 657 g/mol. The van der Waals surface area contributed by atoms with Crippen molar-refractivity contribution in [3.63, 3.8) is 0 Å². The average Bonchev–Trinajstić information content (AvgIpc) is 3.51. The van der Waals surface area contributed by atoms with E-state index in [0.29, 0.717) is 16.8 Å². The molecule has 11 nitrogen and oxygen atoms in total. The van der Waals surface area contributed by atoms with Crippen LogP contribution in [0.25, 0.3) is 11.1 Å². The van der Waals surface area contributed by atoms with E-state index < -0.39 is 27.3 Å². The number of anilines is 2. The zero-order valence-corrected chi connectivity index (χ0v) is 25.9. The molecule has 2 aromatic heterocycles. The number of amides is 2. The number of piperazine rings is 1. The summed E-state index contributed by atoms with van der Waals surface area (Å²) in [5.41, 5.74) is -0.0353. The largest absolute Gasteiger partial charge is 0.340 e. The fourth-order valence-corrected chi connectivity index (χ4v) is 7.85. The SMILES string of the molecule is CC(=O)N1CCN(S(=O)(=O)c2cnc3n2[C@](C)(Cc2ccc(-c4cncnc4)c(F)c2)C(=O)N3c2cc(Cl)cc(Cl)c2)CC1. The van der Waals surface area contributed by atoms with Gasteiger partial charge in [0.15, 0.2) is 5.03 Å². The van der Waals surface area contributed by atoms with Crippen LogP contribution in [-0.4, -0.2) is 75.1 Å². The number of benzene rings is 2. The molecule has 0 N–H and O–H groups in total. The molecule has 0 unspecified atom stereocenters. The van der Waals surface area contributed by atoms with Crippen LogP contribution in [-0.2, 0) is 31.6 Å². The number of rotatable bonds is 6. The highest BCUT2D eigenvalue weighted by atomic mass is 35.5. The molecule has 228 valence electrons. The fraction of sp³-hybridized carbons (Fsp3) is 0.276. The molecule has 2 amide bonds. The Hall–Kier alpha value is -3.91. The molecule has 0 saturated carbocycles. The number of fused-ring (bicyclic) bond motifs is 1. The van der Waals surface area contributed by atoms with Gasteiger partial charge in [0.25, 0.3) is 15.9 Å². The van der Waals surface area contributed by atoms with E-state index in [9.17, 15) is 18.0 Å². The second kappa shape index (κ2) is 11.2. The van der Waals surface area contributed by atoms with Crippen molar-refractivity contribution in [2.45, 2.75) is 30.8 Å². The Kier molecular flexibility index (Phi) is 7.68. The smallest absolute Gasteiger partial charge is 0.260 e. The van der Waals surface area contributed by atoms with Gasteiger partial charge in [0.2, 0.25) is 11.9 Å². The van der Waals surface area contributed by atoms with Gasteiger partial charge in [0, 0.05) is 73.1 Å². The molecule has 4 aromatic rings. The number of sulfonamides is 1. The minimum atomic E-state index is -4.18. The van der Waals surface area contributed by atoms with Crippen LogP contribution in [0.2, 0.25) is 10.0 Å². The molecular weight excluding hydrogens is 632 g/mol. The number of nitrogens with zero attached hydrogens (tertiary/aromatic N) is 7. The van der Waals surface area contributed by atoms with E-state index in [4.69, 9.17) is 23.2 Å². The average molecular weight is 659 g/mol. The van der Waals surface area contributed by atoms with E-state index in [-0.39, 0.29) is 65.1 Å². The topological polar surface area (TPSA) is 122 Å². The molecule has 15 heteroatoms. The van der Waals surface area contributed by atoms with Crippen molar-refractivity contribution in [3.05, 3.63) is 82.7 Å². The van der Waals surface area contributed by atoms with E-state index in [0.717, 1.165) is 0 Å². The van der Waals surface area contributed by atoms with Crippen LogP contribution in [0, 0.1) is 5.82 Å². The first-order valence-electron chi connectivity index (χ1n) is 13.6. The summed E-state index contributed by atoms with van der Waals surface area (Å²) in [6.45, 7) is 3.65. The highest BCUT2D eigenvalue weighted by molar-refractivity contribution is 7.89. The summed E-state index contributed by atoms with van der Waals surface area (Å²) in [4.78, 5) is 41.3. The Bertz CT molecular complexity index is 1880. The van der Waals surface area contributed by atoms with Crippen molar-refractivity contribution in [2.75, 3.05) is 31.1 Å². The molecule has 6 rings (SSSR count). The van der Waals surface area contributed by atoms with Crippen molar-refractivity contribution >= 4 is 56.7 Å². The van der Waals surface area contributed by atoms with Gasteiger partial charge in [-0.2, -0.15) is 4.31 Å². The van der Waals surface area contributed by atoms with Gasteiger partial charge in [0.1, 0.15) is 17.7 Å².